The molecular formula is C49H34N4OS. The molecule has 8 aromatic carbocycles. The van der Waals surface area contributed by atoms with E-state index < -0.39 is 0 Å². The van der Waals surface area contributed by atoms with E-state index in [9.17, 15) is 0 Å². The Balaban J connectivity index is 1.19. The molecule has 0 saturated heterocycles. The highest BCUT2D eigenvalue weighted by Gasteiger charge is 2.38. The van der Waals surface area contributed by atoms with E-state index in [1.807, 2.05) is 47.7 Å². The Morgan fingerprint density at radius 1 is 0.473 bits per heavy atom. The first kappa shape index (κ1) is 31.9. The molecule has 0 bridgehead atoms. The molecular weight excluding hydrogens is 693 g/mol. The lowest BCUT2D eigenvalue weighted by molar-refractivity contribution is 0.415. The minimum Gasteiger partial charge on any atom is -0.497 e. The molecule has 5 nitrogen and oxygen atoms in total. The molecule has 0 saturated carbocycles. The molecule has 0 fully saturated rings. The van der Waals surface area contributed by atoms with E-state index in [1.165, 1.54) is 63.6 Å². The van der Waals surface area contributed by atoms with E-state index in [-0.39, 0.29) is 5.41 Å². The normalized spacial score (nSPS) is 13.5. The summed E-state index contributed by atoms with van der Waals surface area (Å²) in [4.78, 5) is 17.7. The van der Waals surface area contributed by atoms with Gasteiger partial charge in [0.15, 0.2) is 11.6 Å². The van der Waals surface area contributed by atoms with Gasteiger partial charge in [0.1, 0.15) is 5.75 Å². The van der Waals surface area contributed by atoms with Crippen LogP contribution >= 0.6 is 11.3 Å². The zero-order valence-electron chi connectivity index (χ0n) is 30.5. The third kappa shape index (κ3) is 4.81. The molecule has 1 aliphatic heterocycles. The molecule has 0 spiro atoms. The summed E-state index contributed by atoms with van der Waals surface area (Å²) in [6.45, 7) is 4.67. The SMILES string of the molecule is COc1ccc2c(c1)c1ccccc1c1cc3c(cc21)sc1cc2c(cc13)C(C)(C)c1ccccc1N2c1nc(-c2ccccc2)nc(-c2ccccc2)n1. The quantitative estimate of drug-likeness (QED) is 0.169. The number of thiophene rings is 1. The van der Waals surface area contributed by atoms with Crippen LogP contribution in [0.1, 0.15) is 25.0 Å². The molecule has 262 valence electrons. The van der Waals surface area contributed by atoms with Crippen molar-refractivity contribution in [2.45, 2.75) is 19.3 Å². The number of benzene rings is 8. The van der Waals surface area contributed by atoms with Crippen LogP contribution in [0.2, 0.25) is 0 Å². The van der Waals surface area contributed by atoms with Gasteiger partial charge in [-0.1, -0.05) is 123 Å². The lowest BCUT2D eigenvalue weighted by Gasteiger charge is -2.41. The average molecular weight is 727 g/mol. The van der Waals surface area contributed by atoms with Crippen molar-refractivity contribution in [2.24, 2.45) is 0 Å². The van der Waals surface area contributed by atoms with Crippen LogP contribution in [0, 0.1) is 0 Å². The Morgan fingerprint density at radius 2 is 1.04 bits per heavy atom. The lowest BCUT2D eigenvalue weighted by Crippen LogP contribution is -2.31. The van der Waals surface area contributed by atoms with E-state index in [0.717, 1.165) is 28.3 Å². The van der Waals surface area contributed by atoms with Crippen molar-refractivity contribution >= 4 is 81.1 Å². The second-order valence-electron chi connectivity index (χ2n) is 14.8. The molecule has 3 heterocycles. The summed E-state index contributed by atoms with van der Waals surface area (Å²) < 4.78 is 8.15. The van der Waals surface area contributed by atoms with Crippen molar-refractivity contribution in [3.8, 4) is 28.5 Å². The third-order valence-corrected chi connectivity index (χ3v) is 12.5. The zero-order valence-corrected chi connectivity index (χ0v) is 31.4. The van der Waals surface area contributed by atoms with Gasteiger partial charge in [0.05, 0.1) is 18.5 Å². The van der Waals surface area contributed by atoms with Crippen LogP contribution in [0.25, 0.3) is 75.3 Å². The maximum Gasteiger partial charge on any atom is 0.238 e. The van der Waals surface area contributed by atoms with Crippen molar-refractivity contribution in [3.05, 3.63) is 163 Å². The monoisotopic (exact) mass is 726 g/mol. The molecule has 0 aliphatic carbocycles. The number of ether oxygens (including phenoxy) is 1. The number of para-hydroxylation sites is 1. The first-order chi connectivity index (χ1) is 27.0. The number of fused-ring (bicyclic) bond motifs is 11. The van der Waals surface area contributed by atoms with Gasteiger partial charge >= 0.3 is 0 Å². The van der Waals surface area contributed by atoms with Crippen LogP contribution in [-0.2, 0) is 5.41 Å². The molecule has 11 rings (SSSR count). The highest BCUT2D eigenvalue weighted by atomic mass is 32.1. The third-order valence-electron chi connectivity index (χ3n) is 11.4. The van der Waals surface area contributed by atoms with Gasteiger partial charge in [0, 0.05) is 36.7 Å². The highest BCUT2D eigenvalue weighted by Crippen LogP contribution is 2.54. The Bertz CT molecular complexity index is 3110. The van der Waals surface area contributed by atoms with E-state index in [0.29, 0.717) is 17.6 Å². The fourth-order valence-electron chi connectivity index (χ4n) is 8.63. The summed E-state index contributed by atoms with van der Waals surface area (Å²) in [5, 5.41) is 9.96. The van der Waals surface area contributed by atoms with E-state index in [2.05, 4.69) is 134 Å². The molecule has 0 amide bonds. The van der Waals surface area contributed by atoms with Crippen LogP contribution in [0.5, 0.6) is 5.75 Å². The fraction of sp³-hybridized carbons (Fsp3) is 0.0816. The molecule has 10 aromatic rings. The van der Waals surface area contributed by atoms with Crippen LogP contribution in [0.3, 0.4) is 0 Å². The second-order valence-corrected chi connectivity index (χ2v) is 15.9. The van der Waals surface area contributed by atoms with Crippen molar-refractivity contribution in [1.82, 2.24) is 15.0 Å². The number of rotatable bonds is 4. The molecule has 0 unspecified atom stereocenters. The summed E-state index contributed by atoms with van der Waals surface area (Å²) >= 11 is 1.85. The molecule has 0 radical (unpaired) electrons. The van der Waals surface area contributed by atoms with Crippen LogP contribution in [0.15, 0.2) is 152 Å². The number of methoxy groups -OCH3 is 1. The minimum absolute atomic E-state index is 0.290. The van der Waals surface area contributed by atoms with E-state index in [1.54, 1.807) is 7.11 Å². The lowest BCUT2D eigenvalue weighted by atomic mass is 9.73. The van der Waals surface area contributed by atoms with E-state index in [4.69, 9.17) is 19.7 Å². The van der Waals surface area contributed by atoms with Gasteiger partial charge in [0.25, 0.3) is 0 Å². The van der Waals surface area contributed by atoms with Crippen LogP contribution in [0.4, 0.5) is 17.3 Å². The number of anilines is 3. The highest BCUT2D eigenvalue weighted by molar-refractivity contribution is 7.26. The van der Waals surface area contributed by atoms with Crippen LogP contribution < -0.4 is 9.64 Å². The van der Waals surface area contributed by atoms with Gasteiger partial charge in [-0.05, 0) is 85.9 Å². The number of aromatic nitrogens is 3. The first-order valence-corrected chi connectivity index (χ1v) is 19.4. The first-order valence-electron chi connectivity index (χ1n) is 18.6. The summed E-state index contributed by atoms with van der Waals surface area (Å²) in [6.07, 6.45) is 0. The minimum atomic E-state index is -0.290. The maximum atomic E-state index is 5.67. The molecule has 0 N–H and O–H groups in total. The average Bonchev–Trinajstić information content (AvgIpc) is 3.59. The van der Waals surface area contributed by atoms with Crippen molar-refractivity contribution in [2.75, 3.05) is 12.0 Å². The number of hydrogen-bond acceptors (Lipinski definition) is 6. The van der Waals surface area contributed by atoms with E-state index >= 15 is 0 Å². The standard InChI is InChI=1S/C49H34N4OS/c1-49(2)40-20-12-13-21-42(40)53(48-51-46(29-14-6-4-7-15-29)50-47(52-48)30-16-8-5-9-17-30)43-28-45-39(26-41(43)49)38-25-36-33-19-11-10-18-32(33)35-24-31(54-3)22-23-34(35)37(36)27-44(38)55-45/h4-28H,1-3H3. The summed E-state index contributed by atoms with van der Waals surface area (Å²) in [5.41, 5.74) is 6.21. The van der Waals surface area contributed by atoms with Gasteiger partial charge in [-0.25, -0.2) is 4.98 Å². The smallest absolute Gasteiger partial charge is 0.238 e. The predicted octanol–water partition coefficient (Wildman–Crippen LogP) is 13.2. The van der Waals surface area contributed by atoms with Gasteiger partial charge < -0.3 is 4.74 Å². The van der Waals surface area contributed by atoms with Crippen molar-refractivity contribution in [3.63, 3.8) is 0 Å². The molecule has 6 heteroatoms. The maximum absolute atomic E-state index is 5.67. The molecule has 55 heavy (non-hydrogen) atoms. The van der Waals surface area contributed by atoms with Gasteiger partial charge in [-0.3, -0.25) is 4.90 Å². The number of hydrogen-bond donors (Lipinski definition) is 0. The Labute approximate surface area is 322 Å². The summed E-state index contributed by atoms with van der Waals surface area (Å²) in [6, 6.07) is 53.9. The topological polar surface area (TPSA) is 51.1 Å². The number of nitrogens with zero attached hydrogens (tertiary/aromatic N) is 4. The van der Waals surface area contributed by atoms with Gasteiger partial charge in [0.2, 0.25) is 5.95 Å². The van der Waals surface area contributed by atoms with Crippen molar-refractivity contribution < 1.29 is 4.74 Å². The largest absolute Gasteiger partial charge is 0.497 e. The van der Waals surface area contributed by atoms with Gasteiger partial charge in [-0.2, -0.15) is 9.97 Å². The Kier molecular flexibility index (Phi) is 6.91. The Hall–Kier alpha value is -6.63. The molecule has 2 aromatic heterocycles. The summed E-state index contributed by atoms with van der Waals surface area (Å²) in [7, 11) is 1.73. The second kappa shape index (κ2) is 11.9. The Morgan fingerprint density at radius 3 is 1.73 bits per heavy atom. The van der Waals surface area contributed by atoms with Crippen molar-refractivity contribution in [1.29, 1.82) is 0 Å². The summed E-state index contributed by atoms with van der Waals surface area (Å²) in [5.74, 6) is 2.74. The fourth-order valence-corrected chi connectivity index (χ4v) is 9.78. The molecule has 1 aliphatic rings. The van der Waals surface area contributed by atoms with Gasteiger partial charge in [-0.15, -0.1) is 11.3 Å². The zero-order chi connectivity index (χ0) is 36.8. The predicted molar refractivity (Wildman–Crippen MR) is 229 cm³/mol. The van der Waals surface area contributed by atoms with Crippen LogP contribution in [-0.4, -0.2) is 22.1 Å². The molecule has 0 atom stereocenters.